The first-order valence-corrected chi connectivity index (χ1v) is 8.31. The van der Waals surface area contributed by atoms with E-state index in [1.165, 1.54) is 0 Å². The number of aryl methyl sites for hydroxylation is 1. The first-order valence-electron chi connectivity index (χ1n) is 7.32. The van der Waals surface area contributed by atoms with Crippen LogP contribution in [0.25, 0.3) is 0 Å². The van der Waals surface area contributed by atoms with E-state index in [4.69, 9.17) is 0 Å². The molecule has 1 rings (SSSR count). The number of aromatic nitrogens is 2. The Morgan fingerprint density at radius 1 is 1.45 bits per heavy atom. The molecule has 1 heterocycles. The molecule has 0 aromatic carbocycles. The van der Waals surface area contributed by atoms with Crippen molar-refractivity contribution < 1.29 is 5.11 Å². The second-order valence-corrected chi connectivity index (χ2v) is 6.59. The molecule has 114 valence electrons. The summed E-state index contributed by atoms with van der Waals surface area (Å²) >= 11 is 1.68. The molecule has 0 spiro atoms. The molecule has 0 saturated heterocycles. The Balaban J connectivity index is 2.41. The molecule has 1 atom stereocenters. The highest BCUT2D eigenvalue weighted by atomic mass is 32.2. The average molecular weight is 297 g/mol. The van der Waals surface area contributed by atoms with Gasteiger partial charge in [0.25, 0.3) is 0 Å². The molecule has 0 bridgehead atoms. The number of hydrogen-bond donors (Lipinski definition) is 2. The van der Waals surface area contributed by atoms with E-state index in [1.807, 2.05) is 13.0 Å². The van der Waals surface area contributed by atoms with Crippen molar-refractivity contribution in [1.82, 2.24) is 15.3 Å². The van der Waals surface area contributed by atoms with E-state index in [0.717, 1.165) is 35.9 Å². The lowest BCUT2D eigenvalue weighted by Crippen LogP contribution is -2.51. The van der Waals surface area contributed by atoms with Crippen molar-refractivity contribution in [3.05, 3.63) is 18.0 Å². The number of thioether (sulfide) groups is 1. The van der Waals surface area contributed by atoms with Gasteiger partial charge in [-0.05, 0) is 32.3 Å². The average Bonchev–Trinajstić information content (AvgIpc) is 2.42. The molecule has 5 heteroatoms. The molecule has 4 nitrogen and oxygen atoms in total. The third-order valence-electron chi connectivity index (χ3n) is 3.38. The predicted molar refractivity (Wildman–Crippen MR) is 85.1 cm³/mol. The van der Waals surface area contributed by atoms with Crippen LogP contribution in [0.1, 0.15) is 45.7 Å². The highest BCUT2D eigenvalue weighted by molar-refractivity contribution is 7.99. The van der Waals surface area contributed by atoms with Crippen LogP contribution in [0.3, 0.4) is 0 Å². The van der Waals surface area contributed by atoms with Crippen molar-refractivity contribution in [1.29, 1.82) is 0 Å². The lowest BCUT2D eigenvalue weighted by atomic mass is 9.91. The summed E-state index contributed by atoms with van der Waals surface area (Å²) in [5.74, 6) is 0.977. The van der Waals surface area contributed by atoms with Gasteiger partial charge in [0.2, 0.25) is 0 Å². The van der Waals surface area contributed by atoms with Gasteiger partial charge in [0.1, 0.15) is 0 Å². The van der Waals surface area contributed by atoms with E-state index in [1.54, 1.807) is 18.0 Å². The van der Waals surface area contributed by atoms with Crippen LogP contribution in [0.15, 0.2) is 17.4 Å². The summed E-state index contributed by atoms with van der Waals surface area (Å²) in [5.41, 5.74) is 0.851. The van der Waals surface area contributed by atoms with Crippen LogP contribution in [0, 0.1) is 6.92 Å². The van der Waals surface area contributed by atoms with E-state index in [2.05, 4.69) is 36.1 Å². The third kappa shape index (κ3) is 5.77. The molecule has 0 saturated carbocycles. The molecular weight excluding hydrogens is 270 g/mol. The zero-order valence-corrected chi connectivity index (χ0v) is 13.8. The highest BCUT2D eigenvalue weighted by Gasteiger charge is 2.27. The summed E-state index contributed by atoms with van der Waals surface area (Å²) in [4.78, 5) is 8.63. The Morgan fingerprint density at radius 3 is 2.75 bits per heavy atom. The molecule has 0 aliphatic carbocycles. The standard InChI is InChI=1S/C15H27N3OS/c1-5-15(11-19,18-12(2)3)8-6-10-20-14-16-9-7-13(4)17-14/h7,9,12,18-19H,5-6,8,10-11H2,1-4H3. The largest absolute Gasteiger partial charge is 0.394 e. The molecule has 0 radical (unpaired) electrons. The maximum absolute atomic E-state index is 9.68. The van der Waals surface area contributed by atoms with Gasteiger partial charge in [-0.3, -0.25) is 0 Å². The van der Waals surface area contributed by atoms with Crippen LogP contribution in [0.4, 0.5) is 0 Å². The molecule has 0 amide bonds. The molecule has 2 N–H and O–H groups in total. The predicted octanol–water partition coefficient (Wildman–Crippen LogP) is 2.80. The maximum atomic E-state index is 9.68. The Kier molecular flexibility index (Phi) is 7.48. The van der Waals surface area contributed by atoms with Gasteiger partial charge in [0, 0.05) is 29.2 Å². The zero-order chi connectivity index (χ0) is 15.0. The van der Waals surface area contributed by atoms with Crippen LogP contribution < -0.4 is 5.32 Å². The van der Waals surface area contributed by atoms with Gasteiger partial charge < -0.3 is 10.4 Å². The van der Waals surface area contributed by atoms with Crippen LogP contribution >= 0.6 is 11.8 Å². The molecule has 1 unspecified atom stereocenters. The van der Waals surface area contributed by atoms with Gasteiger partial charge in [-0.2, -0.15) is 0 Å². The SMILES string of the molecule is CCC(CO)(CCCSc1nccc(C)n1)NC(C)C. The maximum Gasteiger partial charge on any atom is 0.187 e. The van der Waals surface area contributed by atoms with Gasteiger partial charge >= 0.3 is 0 Å². The Hall–Kier alpha value is -0.650. The van der Waals surface area contributed by atoms with E-state index in [-0.39, 0.29) is 12.1 Å². The van der Waals surface area contributed by atoms with E-state index in [0.29, 0.717) is 6.04 Å². The number of aliphatic hydroxyl groups excluding tert-OH is 1. The molecular formula is C15H27N3OS. The fourth-order valence-corrected chi connectivity index (χ4v) is 3.08. The molecule has 1 aromatic rings. The van der Waals surface area contributed by atoms with Crippen molar-refractivity contribution in [2.24, 2.45) is 0 Å². The second kappa shape index (κ2) is 8.60. The summed E-state index contributed by atoms with van der Waals surface area (Å²) in [7, 11) is 0. The lowest BCUT2D eigenvalue weighted by molar-refractivity contribution is 0.137. The van der Waals surface area contributed by atoms with Crippen LogP contribution in [-0.2, 0) is 0 Å². The summed E-state index contributed by atoms with van der Waals surface area (Å²) in [6.07, 6.45) is 4.75. The summed E-state index contributed by atoms with van der Waals surface area (Å²) in [5, 5.41) is 14.0. The van der Waals surface area contributed by atoms with Gasteiger partial charge in [-0.25, -0.2) is 9.97 Å². The van der Waals surface area contributed by atoms with Gasteiger partial charge in [-0.1, -0.05) is 32.5 Å². The minimum atomic E-state index is -0.151. The first-order chi connectivity index (χ1) is 9.51. The van der Waals surface area contributed by atoms with Crippen molar-refractivity contribution in [2.75, 3.05) is 12.4 Å². The number of aliphatic hydroxyl groups is 1. The minimum absolute atomic E-state index is 0.151. The van der Waals surface area contributed by atoms with Crippen molar-refractivity contribution in [2.45, 2.75) is 63.7 Å². The van der Waals surface area contributed by atoms with Crippen molar-refractivity contribution in [3.8, 4) is 0 Å². The number of nitrogens with one attached hydrogen (secondary N) is 1. The number of rotatable bonds is 9. The van der Waals surface area contributed by atoms with E-state index < -0.39 is 0 Å². The Morgan fingerprint density at radius 2 is 2.20 bits per heavy atom. The molecule has 0 aliphatic rings. The molecule has 0 fully saturated rings. The van der Waals surface area contributed by atoms with Crippen molar-refractivity contribution in [3.63, 3.8) is 0 Å². The third-order valence-corrected chi connectivity index (χ3v) is 4.33. The molecule has 20 heavy (non-hydrogen) atoms. The topological polar surface area (TPSA) is 58.0 Å². The van der Waals surface area contributed by atoms with E-state index >= 15 is 0 Å². The van der Waals surface area contributed by atoms with Crippen LogP contribution in [0.5, 0.6) is 0 Å². The molecule has 1 aromatic heterocycles. The minimum Gasteiger partial charge on any atom is -0.394 e. The fraction of sp³-hybridized carbons (Fsp3) is 0.733. The number of nitrogens with zero attached hydrogens (tertiary/aromatic N) is 2. The first kappa shape index (κ1) is 17.4. The fourth-order valence-electron chi connectivity index (χ4n) is 2.27. The Bertz CT molecular complexity index is 394. The van der Waals surface area contributed by atoms with E-state index in [9.17, 15) is 5.11 Å². The Labute approximate surface area is 126 Å². The highest BCUT2D eigenvalue weighted by Crippen LogP contribution is 2.21. The summed E-state index contributed by atoms with van der Waals surface area (Å²) in [6, 6.07) is 2.29. The van der Waals surface area contributed by atoms with Crippen LogP contribution in [0.2, 0.25) is 0 Å². The molecule has 0 aliphatic heterocycles. The quantitative estimate of drug-likeness (QED) is 0.417. The van der Waals surface area contributed by atoms with Gasteiger partial charge in [-0.15, -0.1) is 0 Å². The monoisotopic (exact) mass is 297 g/mol. The smallest absolute Gasteiger partial charge is 0.187 e. The van der Waals surface area contributed by atoms with Crippen LogP contribution in [-0.4, -0.2) is 39.0 Å². The summed E-state index contributed by atoms with van der Waals surface area (Å²) < 4.78 is 0. The van der Waals surface area contributed by atoms with Gasteiger partial charge in [0.15, 0.2) is 5.16 Å². The number of hydrogen-bond acceptors (Lipinski definition) is 5. The zero-order valence-electron chi connectivity index (χ0n) is 13.0. The van der Waals surface area contributed by atoms with Gasteiger partial charge in [0.05, 0.1) is 6.61 Å². The summed E-state index contributed by atoms with van der Waals surface area (Å²) in [6.45, 7) is 8.53. The normalized spacial score (nSPS) is 14.5. The lowest BCUT2D eigenvalue weighted by Gasteiger charge is -2.34. The van der Waals surface area contributed by atoms with Crippen molar-refractivity contribution >= 4 is 11.8 Å². The second-order valence-electron chi connectivity index (χ2n) is 5.52.